The van der Waals surface area contributed by atoms with E-state index in [4.69, 9.17) is 16.3 Å². The molecule has 0 spiro atoms. The summed E-state index contributed by atoms with van der Waals surface area (Å²) in [5.74, 6) is -0.872. The number of esters is 1. The number of rotatable bonds is 8. The molecule has 0 saturated heterocycles. The van der Waals surface area contributed by atoms with Crippen LogP contribution in [0, 0.1) is 6.92 Å². The molecule has 0 heterocycles. The molecule has 0 aliphatic rings. The van der Waals surface area contributed by atoms with Crippen molar-refractivity contribution in [2.24, 2.45) is 0 Å². The zero-order valence-electron chi connectivity index (χ0n) is 18.8. The molecule has 33 heavy (non-hydrogen) atoms. The Hall–Kier alpha value is -2.90. The maximum atomic E-state index is 13.6. The van der Waals surface area contributed by atoms with Crippen molar-refractivity contribution in [2.45, 2.75) is 51.3 Å². The number of carbonyl (C=O) groups is 2. The minimum atomic E-state index is -4.23. The lowest BCUT2D eigenvalue weighted by atomic mass is 10.1. The number of sulfonamides is 1. The third-order valence-corrected chi connectivity index (χ3v) is 7.10. The van der Waals surface area contributed by atoms with Gasteiger partial charge in [0.15, 0.2) is 5.75 Å². The number of amides is 1. The van der Waals surface area contributed by atoms with Gasteiger partial charge in [-0.2, -0.15) is 0 Å². The molecule has 0 unspecified atom stereocenters. The highest BCUT2D eigenvalue weighted by Gasteiger charge is 2.33. The van der Waals surface area contributed by atoms with Gasteiger partial charge in [-0.1, -0.05) is 67.4 Å². The van der Waals surface area contributed by atoms with Crippen molar-refractivity contribution >= 4 is 50.0 Å². The number of ether oxygens (including phenoxy) is 1. The smallest absolute Gasteiger partial charge is 0.311 e. The average molecular weight is 488 g/mol. The third-order valence-electron chi connectivity index (χ3n) is 5.07. The lowest BCUT2D eigenvalue weighted by Crippen LogP contribution is -2.37. The van der Waals surface area contributed by atoms with E-state index in [1.807, 2.05) is 13.8 Å². The number of benzene rings is 3. The van der Waals surface area contributed by atoms with Gasteiger partial charge in [0, 0.05) is 23.6 Å². The molecule has 0 bridgehead atoms. The maximum Gasteiger partial charge on any atom is 0.311 e. The summed E-state index contributed by atoms with van der Waals surface area (Å²) < 4.78 is 33.6. The van der Waals surface area contributed by atoms with Crippen molar-refractivity contribution in [2.75, 3.05) is 4.31 Å². The molecule has 3 aromatic carbocycles. The van der Waals surface area contributed by atoms with Crippen LogP contribution in [0.1, 0.15) is 45.1 Å². The summed E-state index contributed by atoms with van der Waals surface area (Å²) in [6.07, 6.45) is 1.33. The van der Waals surface area contributed by atoms with Crippen LogP contribution in [0.5, 0.6) is 5.75 Å². The molecule has 3 aromatic rings. The third kappa shape index (κ3) is 5.20. The van der Waals surface area contributed by atoms with Crippen molar-refractivity contribution in [1.82, 2.24) is 0 Å². The van der Waals surface area contributed by atoms with Crippen molar-refractivity contribution in [3.63, 3.8) is 0 Å². The van der Waals surface area contributed by atoms with Crippen LogP contribution in [0.4, 0.5) is 5.69 Å². The SMILES string of the molecule is CCCC(=O)Oc1c(Cl)cc(N(C(=O)CCC)S(=O)(=O)c2ccc(C)cc2)c2ccccc12. The van der Waals surface area contributed by atoms with Gasteiger partial charge in [-0.15, -0.1) is 0 Å². The molecule has 0 atom stereocenters. The Morgan fingerprint density at radius 3 is 2.15 bits per heavy atom. The summed E-state index contributed by atoms with van der Waals surface area (Å²) in [4.78, 5) is 25.3. The molecule has 8 heteroatoms. The van der Waals surface area contributed by atoms with Gasteiger partial charge in [-0.3, -0.25) is 9.59 Å². The van der Waals surface area contributed by atoms with E-state index in [0.29, 0.717) is 23.6 Å². The second kappa shape index (κ2) is 10.4. The van der Waals surface area contributed by atoms with Crippen LogP contribution < -0.4 is 9.04 Å². The second-order valence-corrected chi connectivity index (χ2v) is 9.90. The van der Waals surface area contributed by atoms with E-state index in [0.717, 1.165) is 9.87 Å². The summed E-state index contributed by atoms with van der Waals surface area (Å²) in [5, 5.41) is 0.917. The molecule has 0 N–H and O–H groups in total. The normalized spacial score (nSPS) is 11.4. The fourth-order valence-electron chi connectivity index (χ4n) is 3.47. The molecule has 0 aliphatic heterocycles. The van der Waals surface area contributed by atoms with Crippen LogP contribution in [0.25, 0.3) is 10.8 Å². The fraction of sp³-hybridized carbons (Fsp3) is 0.280. The van der Waals surface area contributed by atoms with E-state index in [9.17, 15) is 18.0 Å². The molecule has 0 aromatic heterocycles. The van der Waals surface area contributed by atoms with Crippen LogP contribution >= 0.6 is 11.6 Å². The number of hydrogen-bond donors (Lipinski definition) is 0. The molecule has 0 fully saturated rings. The molecule has 0 aliphatic carbocycles. The Balaban J connectivity index is 2.26. The van der Waals surface area contributed by atoms with Crippen molar-refractivity contribution in [3.8, 4) is 5.75 Å². The summed E-state index contributed by atoms with van der Waals surface area (Å²) in [7, 11) is -4.23. The molecular formula is C25H26ClNO5S. The first-order valence-electron chi connectivity index (χ1n) is 10.8. The van der Waals surface area contributed by atoms with E-state index < -0.39 is 21.9 Å². The minimum absolute atomic E-state index is 0.00351. The zero-order chi connectivity index (χ0) is 24.2. The first-order chi connectivity index (χ1) is 15.7. The molecule has 0 radical (unpaired) electrons. The van der Waals surface area contributed by atoms with Gasteiger partial charge >= 0.3 is 5.97 Å². The van der Waals surface area contributed by atoms with Crippen LogP contribution in [-0.4, -0.2) is 20.3 Å². The van der Waals surface area contributed by atoms with E-state index in [1.165, 1.54) is 18.2 Å². The summed E-state index contributed by atoms with van der Waals surface area (Å²) in [6.45, 7) is 5.51. The van der Waals surface area contributed by atoms with Gasteiger partial charge in [0.1, 0.15) is 0 Å². The van der Waals surface area contributed by atoms with Crippen LogP contribution in [-0.2, 0) is 19.6 Å². The average Bonchev–Trinajstić information content (AvgIpc) is 2.77. The Bertz CT molecular complexity index is 1290. The quantitative estimate of drug-likeness (QED) is 0.286. The van der Waals surface area contributed by atoms with Gasteiger partial charge in [0.25, 0.3) is 10.0 Å². The van der Waals surface area contributed by atoms with Crippen molar-refractivity contribution in [3.05, 3.63) is 65.2 Å². The van der Waals surface area contributed by atoms with Crippen LogP contribution in [0.15, 0.2) is 59.5 Å². The Morgan fingerprint density at radius 2 is 1.55 bits per heavy atom. The van der Waals surface area contributed by atoms with E-state index in [2.05, 4.69) is 0 Å². The number of anilines is 1. The lowest BCUT2D eigenvalue weighted by molar-refractivity contribution is -0.134. The Morgan fingerprint density at radius 1 is 0.939 bits per heavy atom. The second-order valence-electron chi connectivity index (χ2n) is 7.70. The van der Waals surface area contributed by atoms with E-state index >= 15 is 0 Å². The topological polar surface area (TPSA) is 80.8 Å². The lowest BCUT2D eigenvalue weighted by Gasteiger charge is -2.25. The van der Waals surface area contributed by atoms with Crippen molar-refractivity contribution in [1.29, 1.82) is 0 Å². The first-order valence-corrected chi connectivity index (χ1v) is 12.6. The highest BCUT2D eigenvalue weighted by atomic mass is 35.5. The molecule has 3 rings (SSSR count). The number of hydrogen-bond acceptors (Lipinski definition) is 5. The van der Waals surface area contributed by atoms with E-state index in [1.54, 1.807) is 43.3 Å². The van der Waals surface area contributed by atoms with E-state index in [-0.39, 0.29) is 34.2 Å². The number of nitrogens with zero attached hydrogens (tertiary/aromatic N) is 1. The van der Waals surface area contributed by atoms with Crippen molar-refractivity contribution < 1.29 is 22.7 Å². The van der Waals surface area contributed by atoms with Crippen LogP contribution in [0.3, 0.4) is 0 Å². The summed E-state index contributed by atoms with van der Waals surface area (Å²) in [5.41, 5.74) is 1.01. The monoisotopic (exact) mass is 487 g/mol. The Kier molecular flexibility index (Phi) is 7.76. The predicted molar refractivity (Wildman–Crippen MR) is 130 cm³/mol. The van der Waals surface area contributed by atoms with Gasteiger partial charge in [-0.25, -0.2) is 12.7 Å². The van der Waals surface area contributed by atoms with Gasteiger partial charge in [0.2, 0.25) is 5.91 Å². The summed E-state index contributed by atoms with van der Waals surface area (Å²) in [6, 6.07) is 14.5. The Labute approximate surface area is 199 Å². The molecule has 6 nitrogen and oxygen atoms in total. The first kappa shape index (κ1) is 24.7. The summed E-state index contributed by atoms with van der Waals surface area (Å²) >= 11 is 6.49. The number of fused-ring (bicyclic) bond motifs is 1. The number of carbonyl (C=O) groups excluding carboxylic acids is 2. The standard InChI is InChI=1S/C25H26ClNO5S/c1-4-8-23(28)27(33(30,31)18-14-12-17(3)13-15-18)22-16-21(26)25(32-24(29)9-5-2)20-11-7-6-10-19(20)22/h6-7,10-16H,4-5,8-9H2,1-3H3. The number of halogens is 1. The van der Waals surface area contributed by atoms with Crippen LogP contribution in [0.2, 0.25) is 5.02 Å². The van der Waals surface area contributed by atoms with Gasteiger partial charge in [-0.05, 0) is 38.0 Å². The molecular weight excluding hydrogens is 462 g/mol. The predicted octanol–water partition coefficient (Wildman–Crippen LogP) is 6.03. The zero-order valence-corrected chi connectivity index (χ0v) is 20.4. The maximum absolute atomic E-state index is 13.6. The largest absolute Gasteiger partial charge is 0.424 e. The van der Waals surface area contributed by atoms with Gasteiger partial charge in [0.05, 0.1) is 15.6 Å². The fourth-order valence-corrected chi connectivity index (χ4v) is 5.17. The molecule has 1 amide bonds. The highest BCUT2D eigenvalue weighted by molar-refractivity contribution is 7.93. The number of aryl methyl sites for hydroxylation is 1. The van der Waals surface area contributed by atoms with Gasteiger partial charge < -0.3 is 4.74 Å². The highest BCUT2D eigenvalue weighted by Crippen LogP contribution is 2.42. The molecule has 0 saturated carbocycles. The minimum Gasteiger partial charge on any atom is -0.424 e. The molecule has 174 valence electrons.